The third-order valence-electron chi connectivity index (χ3n) is 3.18. The highest BCUT2D eigenvalue weighted by atomic mass is 16.6. The maximum atomic E-state index is 11.7. The van der Waals surface area contributed by atoms with Crippen molar-refractivity contribution in [3.05, 3.63) is 0 Å². The number of aliphatic hydroxyl groups excluding tert-OH is 1. The summed E-state index contributed by atoms with van der Waals surface area (Å²) in [6, 6.07) is -0.141. The average molecular weight is 229 g/mol. The summed E-state index contributed by atoms with van der Waals surface area (Å²) in [6.45, 7) is 3.04. The topological polar surface area (TPSA) is 62.3 Å². The van der Waals surface area contributed by atoms with Gasteiger partial charge >= 0.3 is 6.09 Å². The van der Waals surface area contributed by atoms with Gasteiger partial charge < -0.3 is 19.5 Å². The summed E-state index contributed by atoms with van der Waals surface area (Å²) >= 11 is 0. The van der Waals surface area contributed by atoms with Gasteiger partial charge in [-0.15, -0.1) is 0 Å². The van der Waals surface area contributed by atoms with Gasteiger partial charge in [-0.3, -0.25) is 0 Å². The number of hydrogen-bond acceptors (Lipinski definition) is 4. The summed E-state index contributed by atoms with van der Waals surface area (Å²) < 4.78 is 10.5. The second kappa shape index (κ2) is 5.01. The number of amides is 1. The van der Waals surface area contributed by atoms with Crippen LogP contribution in [-0.2, 0) is 9.47 Å². The fraction of sp³-hybridized carbons (Fsp3) is 0.909. The molecule has 5 heteroatoms. The van der Waals surface area contributed by atoms with Crippen LogP contribution in [0.15, 0.2) is 0 Å². The Morgan fingerprint density at radius 1 is 1.56 bits per heavy atom. The number of hydrogen-bond donors (Lipinski definition) is 1. The number of carbonyl (C=O) groups excluding carboxylic acids is 1. The number of fused-ring (bicyclic) bond motifs is 1. The number of carbonyl (C=O) groups is 1. The Morgan fingerprint density at radius 2 is 2.38 bits per heavy atom. The van der Waals surface area contributed by atoms with Gasteiger partial charge in [0.05, 0.1) is 31.9 Å². The van der Waals surface area contributed by atoms with Crippen LogP contribution in [0.25, 0.3) is 0 Å². The lowest BCUT2D eigenvalue weighted by Crippen LogP contribution is -2.48. The number of unbranched alkanes of at least 4 members (excludes halogenated alkanes) is 1. The molecule has 2 aliphatic rings. The molecule has 0 unspecified atom stereocenters. The van der Waals surface area contributed by atoms with Gasteiger partial charge in [0.25, 0.3) is 0 Å². The van der Waals surface area contributed by atoms with Crippen LogP contribution < -0.4 is 0 Å². The van der Waals surface area contributed by atoms with Crippen LogP contribution in [0, 0.1) is 0 Å². The quantitative estimate of drug-likeness (QED) is 0.571. The van der Waals surface area contributed by atoms with E-state index in [2.05, 4.69) is 0 Å². The van der Waals surface area contributed by atoms with E-state index in [1.807, 2.05) is 6.92 Å². The first-order valence-corrected chi connectivity index (χ1v) is 5.96. The van der Waals surface area contributed by atoms with E-state index in [-0.39, 0.29) is 30.9 Å². The summed E-state index contributed by atoms with van der Waals surface area (Å²) in [5, 5.41) is 9.21. The van der Waals surface area contributed by atoms with Crippen LogP contribution in [-0.4, -0.2) is 54.1 Å². The van der Waals surface area contributed by atoms with Gasteiger partial charge in [0.2, 0.25) is 0 Å². The van der Waals surface area contributed by atoms with Crippen molar-refractivity contribution in [1.82, 2.24) is 4.90 Å². The molecule has 2 saturated heterocycles. The molecule has 1 N–H and O–H groups in total. The minimum absolute atomic E-state index is 0.0184. The zero-order chi connectivity index (χ0) is 11.5. The SMILES string of the molecule is CCCCOC(=O)N1C[C@H]2O[C@H]2C[C@H]1CO. The fourth-order valence-electron chi connectivity index (χ4n) is 2.07. The van der Waals surface area contributed by atoms with E-state index in [1.165, 1.54) is 0 Å². The van der Waals surface area contributed by atoms with Crippen LogP contribution >= 0.6 is 0 Å². The van der Waals surface area contributed by atoms with Crippen LogP contribution in [0.1, 0.15) is 26.2 Å². The third-order valence-corrected chi connectivity index (χ3v) is 3.18. The van der Waals surface area contributed by atoms with Crippen molar-refractivity contribution in [2.45, 2.75) is 44.4 Å². The lowest BCUT2D eigenvalue weighted by molar-refractivity contribution is 0.0592. The summed E-state index contributed by atoms with van der Waals surface area (Å²) in [5.41, 5.74) is 0. The molecular weight excluding hydrogens is 210 g/mol. The van der Waals surface area contributed by atoms with Crippen LogP contribution in [0.5, 0.6) is 0 Å². The van der Waals surface area contributed by atoms with Crippen LogP contribution in [0.3, 0.4) is 0 Å². The van der Waals surface area contributed by atoms with Crippen molar-refractivity contribution in [2.75, 3.05) is 19.8 Å². The molecule has 2 heterocycles. The molecule has 0 aliphatic carbocycles. The normalized spacial score (nSPS) is 32.1. The van der Waals surface area contributed by atoms with Crippen molar-refractivity contribution in [3.8, 4) is 0 Å². The first-order valence-electron chi connectivity index (χ1n) is 5.96. The van der Waals surface area contributed by atoms with Gasteiger partial charge in [-0.1, -0.05) is 13.3 Å². The molecule has 2 aliphatic heterocycles. The van der Waals surface area contributed by atoms with Gasteiger partial charge in [0, 0.05) is 0 Å². The highest BCUT2D eigenvalue weighted by Crippen LogP contribution is 2.34. The molecule has 0 aromatic carbocycles. The lowest BCUT2D eigenvalue weighted by Gasteiger charge is -2.31. The largest absolute Gasteiger partial charge is 0.449 e. The molecule has 0 bridgehead atoms. The molecule has 92 valence electrons. The number of aliphatic hydroxyl groups is 1. The van der Waals surface area contributed by atoms with Gasteiger partial charge in [-0.05, 0) is 12.8 Å². The Hall–Kier alpha value is -0.810. The van der Waals surface area contributed by atoms with E-state index in [1.54, 1.807) is 4.90 Å². The number of piperidine rings is 1. The molecule has 2 rings (SSSR count). The van der Waals surface area contributed by atoms with E-state index >= 15 is 0 Å². The smallest absolute Gasteiger partial charge is 0.410 e. The molecule has 0 aromatic rings. The number of ether oxygens (including phenoxy) is 2. The van der Waals surface area contributed by atoms with Gasteiger partial charge in [-0.25, -0.2) is 4.79 Å². The monoisotopic (exact) mass is 229 g/mol. The molecule has 16 heavy (non-hydrogen) atoms. The highest BCUT2D eigenvalue weighted by Gasteiger charge is 2.49. The Bertz CT molecular complexity index is 258. The Labute approximate surface area is 95.3 Å². The van der Waals surface area contributed by atoms with Crippen molar-refractivity contribution < 1.29 is 19.4 Å². The summed E-state index contributed by atoms with van der Waals surface area (Å²) in [6.07, 6.45) is 2.71. The molecule has 1 amide bonds. The minimum atomic E-state index is -0.318. The van der Waals surface area contributed by atoms with Crippen molar-refractivity contribution in [1.29, 1.82) is 0 Å². The summed E-state index contributed by atoms with van der Waals surface area (Å²) in [7, 11) is 0. The first kappa shape index (κ1) is 11.7. The second-order valence-corrected chi connectivity index (χ2v) is 4.41. The van der Waals surface area contributed by atoms with E-state index in [0.717, 1.165) is 19.3 Å². The Balaban J connectivity index is 1.83. The van der Waals surface area contributed by atoms with Gasteiger partial charge in [0.15, 0.2) is 0 Å². The van der Waals surface area contributed by atoms with Gasteiger partial charge in [0.1, 0.15) is 6.10 Å². The van der Waals surface area contributed by atoms with Gasteiger partial charge in [-0.2, -0.15) is 0 Å². The van der Waals surface area contributed by atoms with Crippen LogP contribution in [0.4, 0.5) is 4.79 Å². The average Bonchev–Trinajstić information content (AvgIpc) is 3.05. The molecule has 0 saturated carbocycles. The third kappa shape index (κ3) is 2.47. The molecule has 2 fully saturated rings. The lowest BCUT2D eigenvalue weighted by atomic mass is 10.0. The summed E-state index contributed by atoms with van der Waals surface area (Å²) in [4.78, 5) is 13.3. The van der Waals surface area contributed by atoms with Crippen molar-refractivity contribution >= 4 is 6.09 Å². The number of epoxide rings is 1. The number of nitrogens with zero attached hydrogens (tertiary/aromatic N) is 1. The maximum Gasteiger partial charge on any atom is 0.410 e. The molecule has 5 nitrogen and oxygen atoms in total. The van der Waals surface area contributed by atoms with E-state index in [4.69, 9.17) is 9.47 Å². The highest BCUT2D eigenvalue weighted by molar-refractivity contribution is 5.68. The molecule has 3 atom stereocenters. The molecule has 0 aromatic heterocycles. The predicted octanol–water partition coefficient (Wildman–Crippen LogP) is 0.757. The maximum absolute atomic E-state index is 11.7. The summed E-state index contributed by atoms with van der Waals surface area (Å²) in [5.74, 6) is 0. The minimum Gasteiger partial charge on any atom is -0.449 e. The standard InChI is InChI=1S/C11H19NO4/c1-2-3-4-15-11(14)12-6-10-9(16-10)5-8(12)7-13/h8-10,13H,2-7H2,1H3/t8-,9-,10+/m0/s1. The Kier molecular flexibility index (Phi) is 3.66. The predicted molar refractivity (Wildman–Crippen MR) is 57.1 cm³/mol. The van der Waals surface area contributed by atoms with Crippen molar-refractivity contribution in [2.24, 2.45) is 0 Å². The zero-order valence-electron chi connectivity index (χ0n) is 9.59. The van der Waals surface area contributed by atoms with E-state index in [0.29, 0.717) is 13.2 Å². The molecule has 0 radical (unpaired) electrons. The van der Waals surface area contributed by atoms with Crippen molar-refractivity contribution in [3.63, 3.8) is 0 Å². The van der Waals surface area contributed by atoms with E-state index < -0.39 is 0 Å². The van der Waals surface area contributed by atoms with Crippen LogP contribution in [0.2, 0.25) is 0 Å². The molecular formula is C11H19NO4. The number of rotatable bonds is 4. The fourth-order valence-corrected chi connectivity index (χ4v) is 2.07. The molecule has 0 spiro atoms. The zero-order valence-corrected chi connectivity index (χ0v) is 9.59. The second-order valence-electron chi connectivity index (χ2n) is 4.41. The number of likely N-dealkylation sites (tertiary alicyclic amines) is 1. The van der Waals surface area contributed by atoms with E-state index in [9.17, 15) is 9.90 Å². The first-order chi connectivity index (χ1) is 7.76. The Morgan fingerprint density at radius 3 is 3.06 bits per heavy atom.